The van der Waals surface area contributed by atoms with Crippen LogP contribution in [0.4, 0.5) is 0 Å². The Morgan fingerprint density at radius 2 is 2.32 bits per heavy atom. The lowest BCUT2D eigenvalue weighted by molar-refractivity contribution is -0.142. The average molecular weight is 264 g/mol. The second kappa shape index (κ2) is 6.57. The largest absolute Gasteiger partial charge is 0.482 e. The summed E-state index contributed by atoms with van der Waals surface area (Å²) >= 11 is 0. The molecule has 1 aliphatic rings. The van der Waals surface area contributed by atoms with Gasteiger partial charge < -0.3 is 14.6 Å². The van der Waals surface area contributed by atoms with Crippen LogP contribution in [0.15, 0.2) is 18.2 Å². The Labute approximate surface area is 113 Å². The van der Waals surface area contributed by atoms with Crippen LogP contribution in [0.5, 0.6) is 5.75 Å². The fourth-order valence-corrected chi connectivity index (χ4v) is 2.70. The predicted molar refractivity (Wildman–Crippen MR) is 71.3 cm³/mol. The molecule has 0 heterocycles. The summed E-state index contributed by atoms with van der Waals surface area (Å²) in [4.78, 5) is 11.1. The van der Waals surface area contributed by atoms with Gasteiger partial charge in [0.25, 0.3) is 0 Å². The summed E-state index contributed by atoms with van der Waals surface area (Å²) in [6.07, 6.45) is 3.95. The molecular formula is C15H20O4. The normalized spacial score (nSPS) is 17.7. The first-order valence-corrected chi connectivity index (χ1v) is 6.68. The van der Waals surface area contributed by atoms with E-state index in [-0.39, 0.29) is 19.2 Å². The molecule has 19 heavy (non-hydrogen) atoms. The van der Waals surface area contributed by atoms with E-state index < -0.39 is 0 Å². The van der Waals surface area contributed by atoms with Crippen LogP contribution in [0.1, 0.15) is 36.3 Å². The van der Waals surface area contributed by atoms with Crippen molar-refractivity contribution in [3.63, 3.8) is 0 Å². The van der Waals surface area contributed by atoms with Gasteiger partial charge in [0.05, 0.1) is 7.11 Å². The molecule has 1 atom stereocenters. The second-order valence-electron chi connectivity index (χ2n) is 4.79. The van der Waals surface area contributed by atoms with Crippen LogP contribution in [0.3, 0.4) is 0 Å². The number of methoxy groups -OCH3 is 1. The van der Waals surface area contributed by atoms with E-state index in [2.05, 4.69) is 10.8 Å². The molecule has 0 aromatic heterocycles. The molecule has 1 aromatic rings. The molecule has 1 unspecified atom stereocenters. The highest BCUT2D eigenvalue weighted by Crippen LogP contribution is 2.38. The highest BCUT2D eigenvalue weighted by Gasteiger charge is 2.22. The molecule has 0 amide bonds. The summed E-state index contributed by atoms with van der Waals surface area (Å²) < 4.78 is 10.1. The Kier molecular flexibility index (Phi) is 4.80. The summed E-state index contributed by atoms with van der Waals surface area (Å²) in [6, 6.07) is 5.93. The number of aliphatic hydroxyl groups is 1. The van der Waals surface area contributed by atoms with E-state index >= 15 is 0 Å². The topological polar surface area (TPSA) is 55.8 Å². The zero-order valence-corrected chi connectivity index (χ0v) is 11.2. The number of rotatable bonds is 5. The van der Waals surface area contributed by atoms with Crippen LogP contribution in [-0.4, -0.2) is 31.4 Å². The van der Waals surface area contributed by atoms with Gasteiger partial charge in [-0.1, -0.05) is 12.1 Å². The summed E-state index contributed by atoms with van der Waals surface area (Å²) in [7, 11) is 1.35. The lowest BCUT2D eigenvalue weighted by Crippen LogP contribution is -2.16. The zero-order chi connectivity index (χ0) is 13.7. The van der Waals surface area contributed by atoms with Crippen LogP contribution in [-0.2, 0) is 16.0 Å². The van der Waals surface area contributed by atoms with Gasteiger partial charge in [-0.3, -0.25) is 0 Å². The summed E-state index contributed by atoms with van der Waals surface area (Å²) in [5.41, 5.74) is 2.43. The number of carbonyl (C=O) groups is 1. The third-order valence-electron chi connectivity index (χ3n) is 3.64. The average Bonchev–Trinajstić information content (AvgIpc) is 2.45. The number of ether oxygens (including phenoxy) is 2. The van der Waals surface area contributed by atoms with Crippen molar-refractivity contribution in [3.05, 3.63) is 29.3 Å². The SMILES string of the molecule is COC(=O)COc1cccc2c1CCCC2CCO. The molecule has 1 N–H and O–H groups in total. The number of benzene rings is 1. The highest BCUT2D eigenvalue weighted by molar-refractivity contribution is 5.71. The van der Waals surface area contributed by atoms with Crippen molar-refractivity contribution in [3.8, 4) is 5.75 Å². The van der Waals surface area contributed by atoms with Crippen molar-refractivity contribution in [2.75, 3.05) is 20.3 Å². The molecule has 1 aromatic carbocycles. The predicted octanol–water partition coefficient (Wildman–Crippen LogP) is 2.04. The van der Waals surface area contributed by atoms with E-state index in [1.807, 2.05) is 12.1 Å². The molecule has 0 saturated heterocycles. The molecule has 1 aliphatic carbocycles. The minimum atomic E-state index is -0.375. The molecule has 0 aliphatic heterocycles. The molecule has 2 rings (SSSR count). The van der Waals surface area contributed by atoms with E-state index in [0.717, 1.165) is 31.4 Å². The van der Waals surface area contributed by atoms with E-state index in [9.17, 15) is 4.79 Å². The third kappa shape index (κ3) is 3.26. The van der Waals surface area contributed by atoms with E-state index in [1.165, 1.54) is 18.2 Å². The maximum Gasteiger partial charge on any atom is 0.343 e. The molecular weight excluding hydrogens is 244 g/mol. The lowest BCUT2D eigenvalue weighted by Gasteiger charge is -2.26. The molecule has 0 bridgehead atoms. The van der Waals surface area contributed by atoms with Crippen molar-refractivity contribution in [1.29, 1.82) is 0 Å². The smallest absolute Gasteiger partial charge is 0.343 e. The Morgan fingerprint density at radius 3 is 3.05 bits per heavy atom. The summed E-state index contributed by atoms with van der Waals surface area (Å²) in [6.45, 7) is 0.148. The molecule has 0 saturated carbocycles. The van der Waals surface area contributed by atoms with E-state index in [1.54, 1.807) is 0 Å². The van der Waals surface area contributed by atoms with E-state index in [4.69, 9.17) is 9.84 Å². The van der Waals surface area contributed by atoms with Gasteiger partial charge in [0.15, 0.2) is 6.61 Å². The van der Waals surface area contributed by atoms with Crippen LogP contribution < -0.4 is 4.74 Å². The number of aliphatic hydroxyl groups excluding tert-OH is 1. The monoisotopic (exact) mass is 264 g/mol. The van der Waals surface area contributed by atoms with Gasteiger partial charge in [0, 0.05) is 6.61 Å². The van der Waals surface area contributed by atoms with Crippen LogP contribution in [0.25, 0.3) is 0 Å². The number of fused-ring (bicyclic) bond motifs is 1. The van der Waals surface area contributed by atoms with Crippen LogP contribution in [0.2, 0.25) is 0 Å². The fraction of sp³-hybridized carbons (Fsp3) is 0.533. The quantitative estimate of drug-likeness (QED) is 0.827. The number of carbonyl (C=O) groups excluding carboxylic acids is 1. The van der Waals surface area contributed by atoms with Crippen molar-refractivity contribution in [2.45, 2.75) is 31.6 Å². The first kappa shape index (κ1) is 13.9. The van der Waals surface area contributed by atoms with Crippen LogP contribution >= 0.6 is 0 Å². The molecule has 0 fully saturated rings. The molecule has 0 spiro atoms. The van der Waals surface area contributed by atoms with E-state index in [0.29, 0.717) is 5.92 Å². The van der Waals surface area contributed by atoms with Gasteiger partial charge >= 0.3 is 5.97 Å². The van der Waals surface area contributed by atoms with Gasteiger partial charge in [-0.2, -0.15) is 0 Å². The number of esters is 1. The molecule has 4 heteroatoms. The van der Waals surface area contributed by atoms with Crippen molar-refractivity contribution < 1.29 is 19.4 Å². The minimum absolute atomic E-state index is 0.0579. The van der Waals surface area contributed by atoms with Crippen molar-refractivity contribution in [1.82, 2.24) is 0 Å². The Hall–Kier alpha value is -1.55. The zero-order valence-electron chi connectivity index (χ0n) is 11.2. The van der Waals surface area contributed by atoms with Gasteiger partial charge in [-0.05, 0) is 48.8 Å². The van der Waals surface area contributed by atoms with Gasteiger partial charge in [-0.25, -0.2) is 4.79 Å². The molecule has 104 valence electrons. The number of hydrogen-bond acceptors (Lipinski definition) is 4. The Morgan fingerprint density at radius 1 is 1.47 bits per heavy atom. The summed E-state index contributed by atoms with van der Waals surface area (Å²) in [5.74, 6) is 0.793. The Balaban J connectivity index is 2.17. The number of hydrogen-bond donors (Lipinski definition) is 1. The van der Waals surface area contributed by atoms with Crippen LogP contribution in [0, 0.1) is 0 Å². The Bertz CT molecular complexity index is 442. The molecule has 0 radical (unpaired) electrons. The third-order valence-corrected chi connectivity index (χ3v) is 3.64. The minimum Gasteiger partial charge on any atom is -0.482 e. The van der Waals surface area contributed by atoms with Gasteiger partial charge in [-0.15, -0.1) is 0 Å². The molecule has 4 nitrogen and oxygen atoms in total. The fourth-order valence-electron chi connectivity index (χ4n) is 2.70. The summed E-state index contributed by atoms with van der Waals surface area (Å²) in [5, 5.41) is 9.13. The van der Waals surface area contributed by atoms with Gasteiger partial charge in [0.1, 0.15) is 5.75 Å². The highest BCUT2D eigenvalue weighted by atomic mass is 16.6. The van der Waals surface area contributed by atoms with Gasteiger partial charge in [0.2, 0.25) is 0 Å². The first-order valence-electron chi connectivity index (χ1n) is 6.68. The lowest BCUT2D eigenvalue weighted by atomic mass is 9.81. The maximum absolute atomic E-state index is 11.1. The second-order valence-corrected chi connectivity index (χ2v) is 4.79. The van der Waals surface area contributed by atoms with Crippen molar-refractivity contribution in [2.24, 2.45) is 0 Å². The van der Waals surface area contributed by atoms with Crippen molar-refractivity contribution >= 4 is 5.97 Å². The first-order chi connectivity index (χ1) is 9.26. The standard InChI is InChI=1S/C15H20O4/c1-18-15(17)10-19-14-7-3-5-12-11(8-9-16)4-2-6-13(12)14/h3,5,7,11,16H,2,4,6,8-10H2,1H3. The maximum atomic E-state index is 11.1.